The number of halogens is 2. The van der Waals surface area contributed by atoms with E-state index in [0.29, 0.717) is 19.4 Å². The van der Waals surface area contributed by atoms with Crippen molar-refractivity contribution in [2.24, 2.45) is 11.7 Å². The molecule has 0 saturated heterocycles. The minimum Gasteiger partial charge on any atom is -0.363 e. The summed E-state index contributed by atoms with van der Waals surface area (Å²) in [4.78, 5) is 14.5. The van der Waals surface area contributed by atoms with Gasteiger partial charge in [0.05, 0.1) is 0 Å². The molecule has 1 fully saturated rings. The standard InChI is InChI=1S/C10H14F2N4O/c11-10(12)3-1-7(2-4-10)5-16-6-14-9(15-16)8(13)17/h6-7H,1-5H2,(H2,13,17). The van der Waals surface area contributed by atoms with Gasteiger partial charge in [-0.2, -0.15) is 0 Å². The molecule has 1 amide bonds. The maximum absolute atomic E-state index is 12.9. The molecule has 5 nitrogen and oxygen atoms in total. The zero-order valence-corrected chi connectivity index (χ0v) is 9.27. The summed E-state index contributed by atoms with van der Waals surface area (Å²) < 4.78 is 27.4. The van der Waals surface area contributed by atoms with E-state index in [2.05, 4.69) is 10.1 Å². The fourth-order valence-electron chi connectivity index (χ4n) is 2.04. The van der Waals surface area contributed by atoms with E-state index >= 15 is 0 Å². The number of nitrogens with two attached hydrogens (primary N) is 1. The Labute approximate surface area is 97.0 Å². The van der Waals surface area contributed by atoms with E-state index in [-0.39, 0.29) is 24.6 Å². The van der Waals surface area contributed by atoms with Crippen LogP contribution in [-0.2, 0) is 6.54 Å². The lowest BCUT2D eigenvalue weighted by Gasteiger charge is -2.27. The molecule has 17 heavy (non-hydrogen) atoms. The van der Waals surface area contributed by atoms with Crippen molar-refractivity contribution in [1.29, 1.82) is 0 Å². The first-order valence-electron chi connectivity index (χ1n) is 5.53. The number of carbonyl (C=O) groups excluding carboxylic acids is 1. The number of primary amides is 1. The molecule has 2 N–H and O–H groups in total. The highest BCUT2D eigenvalue weighted by molar-refractivity contribution is 5.88. The van der Waals surface area contributed by atoms with E-state index in [0.717, 1.165) is 0 Å². The fraction of sp³-hybridized carbons (Fsp3) is 0.700. The number of carbonyl (C=O) groups is 1. The predicted octanol–water partition coefficient (Wildman–Crippen LogP) is 1.20. The molecular weight excluding hydrogens is 230 g/mol. The van der Waals surface area contributed by atoms with E-state index < -0.39 is 11.8 Å². The second-order valence-electron chi connectivity index (χ2n) is 4.45. The Kier molecular flexibility index (Phi) is 3.08. The van der Waals surface area contributed by atoms with Crippen LogP contribution in [0, 0.1) is 5.92 Å². The van der Waals surface area contributed by atoms with Crippen molar-refractivity contribution >= 4 is 5.91 Å². The van der Waals surface area contributed by atoms with Crippen molar-refractivity contribution in [2.75, 3.05) is 0 Å². The van der Waals surface area contributed by atoms with Gasteiger partial charge in [0.25, 0.3) is 5.91 Å². The predicted molar refractivity (Wildman–Crippen MR) is 55.4 cm³/mol. The number of hydrogen-bond acceptors (Lipinski definition) is 3. The van der Waals surface area contributed by atoms with Gasteiger partial charge in [0.1, 0.15) is 6.33 Å². The first-order valence-corrected chi connectivity index (χ1v) is 5.53. The summed E-state index contributed by atoms with van der Waals surface area (Å²) in [5, 5.41) is 3.88. The first-order chi connectivity index (χ1) is 7.96. The largest absolute Gasteiger partial charge is 0.363 e. The molecule has 0 unspecified atom stereocenters. The third-order valence-corrected chi connectivity index (χ3v) is 3.04. The summed E-state index contributed by atoms with van der Waals surface area (Å²) in [5.74, 6) is -3.07. The van der Waals surface area contributed by atoms with E-state index in [1.54, 1.807) is 0 Å². The molecule has 1 aromatic heterocycles. The Morgan fingerprint density at radius 2 is 2.18 bits per heavy atom. The van der Waals surface area contributed by atoms with Gasteiger partial charge >= 0.3 is 0 Å². The zero-order valence-electron chi connectivity index (χ0n) is 9.27. The second kappa shape index (κ2) is 4.38. The van der Waals surface area contributed by atoms with Crippen LogP contribution in [0.2, 0.25) is 0 Å². The van der Waals surface area contributed by atoms with Gasteiger partial charge in [-0.3, -0.25) is 9.48 Å². The lowest BCUT2D eigenvalue weighted by atomic mass is 9.87. The van der Waals surface area contributed by atoms with E-state index in [1.807, 2.05) is 0 Å². The van der Waals surface area contributed by atoms with Gasteiger partial charge in [-0.25, -0.2) is 13.8 Å². The van der Waals surface area contributed by atoms with Crippen LogP contribution in [0.5, 0.6) is 0 Å². The smallest absolute Gasteiger partial charge is 0.288 e. The Morgan fingerprint density at radius 3 is 2.71 bits per heavy atom. The molecule has 1 aromatic rings. The summed E-state index contributed by atoms with van der Waals surface area (Å²) >= 11 is 0. The van der Waals surface area contributed by atoms with Crippen LogP contribution in [-0.4, -0.2) is 26.6 Å². The van der Waals surface area contributed by atoms with Gasteiger partial charge in [0.2, 0.25) is 11.7 Å². The Morgan fingerprint density at radius 1 is 1.53 bits per heavy atom. The molecule has 0 aliphatic heterocycles. The second-order valence-corrected chi connectivity index (χ2v) is 4.45. The highest BCUT2D eigenvalue weighted by atomic mass is 19.3. The van der Waals surface area contributed by atoms with E-state index in [4.69, 9.17) is 5.73 Å². The van der Waals surface area contributed by atoms with Crippen LogP contribution in [0.15, 0.2) is 6.33 Å². The highest BCUT2D eigenvalue weighted by Crippen LogP contribution is 2.36. The Hall–Kier alpha value is -1.53. The van der Waals surface area contributed by atoms with Crippen molar-refractivity contribution in [2.45, 2.75) is 38.2 Å². The summed E-state index contributed by atoms with van der Waals surface area (Å²) in [6.45, 7) is 0.510. The van der Waals surface area contributed by atoms with Crippen molar-refractivity contribution in [3.8, 4) is 0 Å². The fourth-order valence-corrected chi connectivity index (χ4v) is 2.04. The Bertz CT molecular complexity index is 408. The van der Waals surface area contributed by atoms with Crippen molar-refractivity contribution < 1.29 is 13.6 Å². The summed E-state index contributed by atoms with van der Waals surface area (Å²) in [7, 11) is 0. The lowest BCUT2D eigenvalue weighted by molar-refractivity contribution is -0.0476. The van der Waals surface area contributed by atoms with Gasteiger partial charge in [-0.15, -0.1) is 5.10 Å². The van der Waals surface area contributed by atoms with Crippen molar-refractivity contribution in [3.63, 3.8) is 0 Å². The summed E-state index contributed by atoms with van der Waals surface area (Å²) in [6.07, 6.45) is 2.20. The maximum atomic E-state index is 12.9. The van der Waals surface area contributed by atoms with Crippen LogP contribution < -0.4 is 5.73 Å². The normalized spacial score (nSPS) is 20.4. The van der Waals surface area contributed by atoms with Crippen LogP contribution in [0.4, 0.5) is 8.78 Å². The highest BCUT2D eigenvalue weighted by Gasteiger charge is 2.34. The average molecular weight is 244 g/mol. The van der Waals surface area contributed by atoms with Crippen LogP contribution in [0.25, 0.3) is 0 Å². The molecule has 1 aliphatic rings. The number of amides is 1. The number of aromatic nitrogens is 3. The van der Waals surface area contributed by atoms with Gasteiger partial charge in [0.15, 0.2) is 0 Å². The molecule has 7 heteroatoms. The number of rotatable bonds is 3. The average Bonchev–Trinajstić information content (AvgIpc) is 2.70. The van der Waals surface area contributed by atoms with Gasteiger partial charge < -0.3 is 5.73 Å². The maximum Gasteiger partial charge on any atom is 0.288 e. The summed E-state index contributed by atoms with van der Waals surface area (Å²) in [6, 6.07) is 0. The molecule has 0 spiro atoms. The third kappa shape index (κ3) is 2.98. The van der Waals surface area contributed by atoms with Gasteiger partial charge in [0, 0.05) is 19.4 Å². The molecule has 0 atom stereocenters. The number of nitrogens with zero attached hydrogens (tertiary/aromatic N) is 3. The van der Waals surface area contributed by atoms with Crippen molar-refractivity contribution in [3.05, 3.63) is 12.2 Å². The Balaban J connectivity index is 1.91. The van der Waals surface area contributed by atoms with Gasteiger partial charge in [-0.05, 0) is 18.8 Å². The van der Waals surface area contributed by atoms with Crippen molar-refractivity contribution in [1.82, 2.24) is 14.8 Å². The van der Waals surface area contributed by atoms with E-state index in [1.165, 1.54) is 11.0 Å². The molecule has 94 valence electrons. The molecule has 2 rings (SSSR count). The van der Waals surface area contributed by atoms with E-state index in [9.17, 15) is 13.6 Å². The zero-order chi connectivity index (χ0) is 12.5. The molecule has 0 bridgehead atoms. The topological polar surface area (TPSA) is 73.8 Å². The molecule has 1 aliphatic carbocycles. The quantitative estimate of drug-likeness (QED) is 0.868. The number of hydrogen-bond donors (Lipinski definition) is 1. The molecule has 1 saturated carbocycles. The molecule has 0 radical (unpaired) electrons. The van der Waals surface area contributed by atoms with Crippen LogP contribution >= 0.6 is 0 Å². The molecular formula is C10H14F2N4O. The SMILES string of the molecule is NC(=O)c1ncn(CC2CCC(F)(F)CC2)n1. The molecule has 0 aromatic carbocycles. The summed E-state index contributed by atoms with van der Waals surface area (Å²) in [5.41, 5.74) is 5.02. The lowest BCUT2D eigenvalue weighted by Crippen LogP contribution is -2.27. The third-order valence-electron chi connectivity index (χ3n) is 3.04. The van der Waals surface area contributed by atoms with Crippen LogP contribution in [0.1, 0.15) is 36.3 Å². The number of alkyl halides is 2. The van der Waals surface area contributed by atoms with Gasteiger partial charge in [-0.1, -0.05) is 0 Å². The van der Waals surface area contributed by atoms with Crippen LogP contribution in [0.3, 0.4) is 0 Å². The minimum absolute atomic E-state index is 0.0360. The molecule has 1 heterocycles. The first kappa shape index (κ1) is 11.9. The minimum atomic E-state index is -2.52. The monoisotopic (exact) mass is 244 g/mol.